The van der Waals surface area contributed by atoms with Gasteiger partial charge in [0.2, 0.25) is 5.88 Å². The van der Waals surface area contributed by atoms with Crippen LogP contribution in [0.15, 0.2) is 30.3 Å². The molecule has 1 aromatic carbocycles. The fourth-order valence-electron chi connectivity index (χ4n) is 1.87. The van der Waals surface area contributed by atoms with Crippen LogP contribution in [0, 0.1) is 17.0 Å². The zero-order valence-electron chi connectivity index (χ0n) is 12.2. The highest BCUT2D eigenvalue weighted by Gasteiger charge is 2.13. The molecule has 0 aliphatic rings. The van der Waals surface area contributed by atoms with E-state index < -0.39 is 4.92 Å². The first-order valence-corrected chi connectivity index (χ1v) is 6.57. The SMILES string of the molecule is Cc1ccc(C(C)C)cc1Oc1cc([N+](=O)[O-])cc(N)n1. The van der Waals surface area contributed by atoms with Crippen LogP contribution in [0.3, 0.4) is 0 Å². The van der Waals surface area contributed by atoms with Crippen molar-refractivity contribution in [3.8, 4) is 11.6 Å². The van der Waals surface area contributed by atoms with E-state index in [9.17, 15) is 10.1 Å². The highest BCUT2D eigenvalue weighted by atomic mass is 16.6. The first-order valence-electron chi connectivity index (χ1n) is 6.57. The molecule has 2 rings (SSSR count). The number of pyridine rings is 1. The Kier molecular flexibility index (Phi) is 4.07. The van der Waals surface area contributed by atoms with Crippen molar-refractivity contribution in [2.45, 2.75) is 26.7 Å². The van der Waals surface area contributed by atoms with Crippen LogP contribution in [-0.2, 0) is 0 Å². The molecule has 1 heterocycles. The number of nitro groups is 1. The second kappa shape index (κ2) is 5.78. The summed E-state index contributed by atoms with van der Waals surface area (Å²) in [6.45, 7) is 6.07. The quantitative estimate of drug-likeness (QED) is 0.682. The van der Waals surface area contributed by atoms with Crippen LogP contribution in [0.4, 0.5) is 11.5 Å². The van der Waals surface area contributed by atoms with Crippen LogP contribution in [0.2, 0.25) is 0 Å². The van der Waals surface area contributed by atoms with Gasteiger partial charge in [-0.15, -0.1) is 0 Å². The summed E-state index contributed by atoms with van der Waals surface area (Å²) in [4.78, 5) is 14.3. The molecule has 2 N–H and O–H groups in total. The Balaban J connectivity index is 2.38. The molecule has 0 amide bonds. The van der Waals surface area contributed by atoms with E-state index in [1.54, 1.807) is 0 Å². The lowest BCUT2D eigenvalue weighted by Gasteiger charge is -2.12. The minimum atomic E-state index is -0.525. The second-order valence-corrected chi connectivity index (χ2v) is 5.13. The topological polar surface area (TPSA) is 91.3 Å². The van der Waals surface area contributed by atoms with Crippen LogP contribution >= 0.6 is 0 Å². The monoisotopic (exact) mass is 287 g/mol. The van der Waals surface area contributed by atoms with Gasteiger partial charge < -0.3 is 10.5 Å². The highest BCUT2D eigenvalue weighted by molar-refractivity contribution is 5.47. The maximum absolute atomic E-state index is 10.8. The first kappa shape index (κ1) is 14.8. The molecule has 0 atom stereocenters. The van der Waals surface area contributed by atoms with Crippen LogP contribution < -0.4 is 10.5 Å². The molecule has 0 aliphatic carbocycles. The molecule has 110 valence electrons. The van der Waals surface area contributed by atoms with Crippen molar-refractivity contribution < 1.29 is 9.66 Å². The van der Waals surface area contributed by atoms with Gasteiger partial charge in [0, 0.05) is 0 Å². The molecule has 0 radical (unpaired) electrons. The van der Waals surface area contributed by atoms with E-state index in [0.717, 1.165) is 11.1 Å². The van der Waals surface area contributed by atoms with Gasteiger partial charge in [0.25, 0.3) is 5.69 Å². The molecule has 6 heteroatoms. The van der Waals surface area contributed by atoms with Crippen molar-refractivity contribution in [3.05, 3.63) is 51.6 Å². The minimum Gasteiger partial charge on any atom is -0.438 e. The van der Waals surface area contributed by atoms with Gasteiger partial charge in [-0.3, -0.25) is 10.1 Å². The van der Waals surface area contributed by atoms with Crippen molar-refractivity contribution >= 4 is 11.5 Å². The third-order valence-electron chi connectivity index (χ3n) is 3.11. The van der Waals surface area contributed by atoms with E-state index in [2.05, 4.69) is 18.8 Å². The van der Waals surface area contributed by atoms with Crippen LogP contribution in [-0.4, -0.2) is 9.91 Å². The molecule has 2 aromatic rings. The number of aromatic nitrogens is 1. The van der Waals surface area contributed by atoms with Crippen molar-refractivity contribution in [2.75, 3.05) is 5.73 Å². The van der Waals surface area contributed by atoms with E-state index in [1.807, 2.05) is 25.1 Å². The Labute approximate surface area is 122 Å². The summed E-state index contributed by atoms with van der Waals surface area (Å²) >= 11 is 0. The molecule has 0 spiro atoms. The number of hydrogen-bond acceptors (Lipinski definition) is 5. The lowest BCUT2D eigenvalue weighted by Crippen LogP contribution is -1.98. The predicted molar refractivity (Wildman–Crippen MR) is 80.6 cm³/mol. The molecule has 6 nitrogen and oxygen atoms in total. The average molecular weight is 287 g/mol. The van der Waals surface area contributed by atoms with Gasteiger partial charge in [0.05, 0.1) is 17.1 Å². The van der Waals surface area contributed by atoms with E-state index in [-0.39, 0.29) is 17.4 Å². The molecule has 1 aromatic heterocycles. The number of nitrogens with two attached hydrogens (primary N) is 1. The number of aryl methyl sites for hydroxylation is 1. The summed E-state index contributed by atoms with van der Waals surface area (Å²) in [6.07, 6.45) is 0. The number of anilines is 1. The number of ether oxygens (including phenoxy) is 1. The number of nitrogen functional groups attached to an aromatic ring is 1. The standard InChI is InChI=1S/C15H17N3O3/c1-9(2)11-5-4-10(3)13(6-11)21-15-8-12(18(19)20)7-14(16)17-15/h4-9H,1-3H3,(H2,16,17). The van der Waals surface area contributed by atoms with Gasteiger partial charge in [-0.1, -0.05) is 26.0 Å². The van der Waals surface area contributed by atoms with Gasteiger partial charge in [-0.2, -0.15) is 4.98 Å². The normalized spacial score (nSPS) is 10.7. The van der Waals surface area contributed by atoms with Crippen molar-refractivity contribution in [3.63, 3.8) is 0 Å². The number of benzene rings is 1. The minimum absolute atomic E-state index is 0.0527. The molecule has 0 saturated carbocycles. The number of rotatable bonds is 4. The summed E-state index contributed by atoms with van der Waals surface area (Å²) in [5.74, 6) is 1.15. The zero-order chi connectivity index (χ0) is 15.6. The first-order chi connectivity index (χ1) is 9.86. The molecule has 0 aliphatic heterocycles. The van der Waals surface area contributed by atoms with Crippen LogP contribution in [0.25, 0.3) is 0 Å². The van der Waals surface area contributed by atoms with Gasteiger partial charge in [-0.25, -0.2) is 0 Å². The maximum Gasteiger partial charge on any atom is 0.278 e. The van der Waals surface area contributed by atoms with Gasteiger partial charge in [0.15, 0.2) is 0 Å². The zero-order valence-corrected chi connectivity index (χ0v) is 12.2. The number of nitrogens with zero attached hydrogens (tertiary/aromatic N) is 2. The second-order valence-electron chi connectivity index (χ2n) is 5.13. The summed E-state index contributed by atoms with van der Waals surface area (Å²) < 4.78 is 5.68. The van der Waals surface area contributed by atoms with Gasteiger partial charge in [0.1, 0.15) is 11.6 Å². The summed E-state index contributed by atoms with van der Waals surface area (Å²) in [5.41, 5.74) is 7.47. The molecule has 0 saturated heterocycles. The van der Waals surface area contributed by atoms with Crippen LogP contribution in [0.1, 0.15) is 30.9 Å². The van der Waals surface area contributed by atoms with Crippen LogP contribution in [0.5, 0.6) is 11.6 Å². The molecule has 21 heavy (non-hydrogen) atoms. The van der Waals surface area contributed by atoms with Crippen molar-refractivity contribution in [1.29, 1.82) is 0 Å². The average Bonchev–Trinajstić information content (AvgIpc) is 2.40. The Morgan fingerprint density at radius 1 is 1.29 bits per heavy atom. The van der Waals surface area contributed by atoms with Gasteiger partial charge >= 0.3 is 0 Å². The lowest BCUT2D eigenvalue weighted by atomic mass is 10.0. The third-order valence-corrected chi connectivity index (χ3v) is 3.11. The summed E-state index contributed by atoms with van der Waals surface area (Å²) in [7, 11) is 0. The predicted octanol–water partition coefficient (Wildman–Crippen LogP) is 3.80. The molecule has 0 bridgehead atoms. The third kappa shape index (κ3) is 3.47. The molecular weight excluding hydrogens is 270 g/mol. The maximum atomic E-state index is 10.8. The Morgan fingerprint density at radius 3 is 2.62 bits per heavy atom. The summed E-state index contributed by atoms with van der Waals surface area (Å²) in [5, 5.41) is 10.8. The van der Waals surface area contributed by atoms with E-state index in [1.165, 1.54) is 12.1 Å². The van der Waals surface area contributed by atoms with E-state index in [4.69, 9.17) is 10.5 Å². The van der Waals surface area contributed by atoms with Gasteiger partial charge in [-0.05, 0) is 30.0 Å². The fraction of sp³-hybridized carbons (Fsp3) is 0.267. The van der Waals surface area contributed by atoms with E-state index >= 15 is 0 Å². The molecule has 0 unspecified atom stereocenters. The summed E-state index contributed by atoms with van der Waals surface area (Å²) in [6, 6.07) is 8.35. The largest absolute Gasteiger partial charge is 0.438 e. The Morgan fingerprint density at radius 2 is 2.00 bits per heavy atom. The van der Waals surface area contributed by atoms with Crippen molar-refractivity contribution in [2.24, 2.45) is 0 Å². The smallest absolute Gasteiger partial charge is 0.278 e. The Bertz CT molecular complexity index is 684. The van der Waals surface area contributed by atoms with E-state index in [0.29, 0.717) is 11.7 Å². The highest BCUT2D eigenvalue weighted by Crippen LogP contribution is 2.30. The number of hydrogen-bond donors (Lipinski definition) is 1. The van der Waals surface area contributed by atoms with Crippen molar-refractivity contribution in [1.82, 2.24) is 4.98 Å². The fourth-order valence-corrected chi connectivity index (χ4v) is 1.87. The molecule has 0 fully saturated rings. The lowest BCUT2D eigenvalue weighted by molar-refractivity contribution is -0.384. The Hall–Kier alpha value is -2.63. The molecular formula is C15H17N3O3.